The summed E-state index contributed by atoms with van der Waals surface area (Å²) in [5, 5.41) is 9.49. The summed E-state index contributed by atoms with van der Waals surface area (Å²) < 4.78 is 4.51. The Bertz CT molecular complexity index is 135. The van der Waals surface area contributed by atoms with E-state index in [1.54, 1.807) is 6.92 Å². The van der Waals surface area contributed by atoms with Crippen molar-refractivity contribution in [1.82, 2.24) is 0 Å². The van der Waals surface area contributed by atoms with Crippen molar-refractivity contribution < 1.29 is 44.2 Å². The summed E-state index contributed by atoms with van der Waals surface area (Å²) in [6, 6.07) is 0. The van der Waals surface area contributed by atoms with Gasteiger partial charge in [0.25, 0.3) is 0 Å². The number of hydrogen-bond acceptors (Lipinski definition) is 3. The zero-order valence-electron chi connectivity index (χ0n) is 5.96. The summed E-state index contributed by atoms with van der Waals surface area (Å²) in [6.07, 6.45) is 0.856. The van der Waals surface area contributed by atoms with E-state index in [-0.39, 0.29) is 29.6 Å². The largest absolute Gasteiger partial charge is 1.00 e. The van der Waals surface area contributed by atoms with Gasteiger partial charge in [-0.15, -0.1) is 12.6 Å². The molecule has 0 atom stereocenters. The third-order valence-electron chi connectivity index (χ3n) is 0.568. The number of thiol groups is 1. The van der Waals surface area contributed by atoms with E-state index in [0.717, 1.165) is 6.26 Å². The fourth-order valence-electron chi connectivity index (χ4n) is 0.209. The van der Waals surface area contributed by atoms with Gasteiger partial charge >= 0.3 is 29.6 Å². The van der Waals surface area contributed by atoms with Crippen LogP contribution in [-0.4, -0.2) is 11.7 Å². The molecule has 0 fully saturated rings. The molecule has 0 aromatic rings. The molecule has 0 heterocycles. The Morgan fingerprint density at radius 3 is 2.60 bits per heavy atom. The minimum atomic E-state index is -0.802. The van der Waals surface area contributed by atoms with Crippen molar-refractivity contribution in [1.29, 1.82) is 0 Å². The fourth-order valence-corrected chi connectivity index (χ4v) is 0.262. The molecule has 0 aromatic carbocycles. The normalized spacial score (nSPS) is 10.0. The van der Waals surface area contributed by atoms with Crippen molar-refractivity contribution in [3.8, 4) is 0 Å². The first kappa shape index (κ1) is 13.0. The van der Waals surface area contributed by atoms with Gasteiger partial charge in [-0.05, 0) is 12.7 Å². The van der Waals surface area contributed by atoms with Crippen molar-refractivity contribution in [2.75, 3.05) is 6.61 Å². The summed E-state index contributed by atoms with van der Waals surface area (Å²) >= 11 is 3.27. The second kappa shape index (κ2) is 7.47. The van der Waals surface area contributed by atoms with Gasteiger partial charge in [0.2, 0.25) is 5.12 Å². The molecule has 0 aliphatic rings. The van der Waals surface area contributed by atoms with E-state index in [0.29, 0.717) is 6.61 Å². The van der Waals surface area contributed by atoms with Crippen LogP contribution in [0.2, 0.25) is 0 Å². The van der Waals surface area contributed by atoms with E-state index in [1.807, 2.05) is 0 Å². The maximum Gasteiger partial charge on any atom is 1.00 e. The first-order chi connectivity index (χ1) is 4.18. The molecule has 0 spiro atoms. The maximum atomic E-state index is 10.3. The van der Waals surface area contributed by atoms with Gasteiger partial charge in [0.05, 0.1) is 12.9 Å². The van der Waals surface area contributed by atoms with E-state index in [4.69, 9.17) is 0 Å². The van der Waals surface area contributed by atoms with Gasteiger partial charge < -0.3 is 9.84 Å². The Hall–Kier alpha value is 0.360. The average molecular weight is 170 g/mol. The second-order valence-corrected chi connectivity index (χ2v) is 1.65. The molecule has 3 nitrogen and oxygen atoms in total. The van der Waals surface area contributed by atoms with Crippen LogP contribution in [0.25, 0.3) is 0 Å². The van der Waals surface area contributed by atoms with E-state index in [9.17, 15) is 9.90 Å². The third-order valence-corrected chi connectivity index (χ3v) is 0.788. The molecular weight excluding hydrogens is 163 g/mol. The number of rotatable bonds is 3. The Kier molecular flexibility index (Phi) is 9.70. The molecule has 0 saturated heterocycles. The molecule has 0 rings (SSSR count). The van der Waals surface area contributed by atoms with Crippen LogP contribution in [0.15, 0.2) is 12.0 Å². The predicted molar refractivity (Wildman–Crippen MR) is 33.7 cm³/mol. The smallest absolute Gasteiger partial charge is 0.867 e. The quantitative estimate of drug-likeness (QED) is 0.209. The van der Waals surface area contributed by atoms with Crippen molar-refractivity contribution in [2.24, 2.45) is 0 Å². The molecule has 0 radical (unpaired) electrons. The molecule has 0 saturated carbocycles. The van der Waals surface area contributed by atoms with Crippen molar-refractivity contribution in [3.05, 3.63) is 12.0 Å². The van der Waals surface area contributed by atoms with Crippen LogP contribution in [-0.2, 0) is 9.53 Å². The van der Waals surface area contributed by atoms with Gasteiger partial charge in [-0.1, -0.05) is 0 Å². The number of carbonyl (C=O) groups is 1. The number of carbonyl (C=O) groups excluding carboxylic acids is 1. The average Bonchev–Trinajstić information content (AvgIpc) is 1.82. The molecule has 0 aliphatic heterocycles. The Labute approximate surface area is 87.1 Å². The number of hydrogen-bond donors (Lipinski definition) is 1. The van der Waals surface area contributed by atoms with Crippen LogP contribution in [0.3, 0.4) is 0 Å². The minimum Gasteiger partial charge on any atom is -0.867 e. The van der Waals surface area contributed by atoms with Gasteiger partial charge in [0.15, 0.2) is 0 Å². The van der Waals surface area contributed by atoms with Crippen molar-refractivity contribution in [2.45, 2.75) is 6.92 Å². The zero-order chi connectivity index (χ0) is 7.28. The standard InChI is InChI=1S/C5H8O3S.Na/c1-2-8-3-4(6)5(7)9;/h3,6H,2H2,1H3,(H,7,9);/q;+1/p-1. The minimum absolute atomic E-state index is 0. The molecule has 5 heteroatoms. The first-order valence-electron chi connectivity index (χ1n) is 2.40. The van der Waals surface area contributed by atoms with E-state index < -0.39 is 10.9 Å². The van der Waals surface area contributed by atoms with Crippen molar-refractivity contribution in [3.63, 3.8) is 0 Å². The van der Waals surface area contributed by atoms with Crippen LogP contribution >= 0.6 is 12.6 Å². The molecule has 10 heavy (non-hydrogen) atoms. The summed E-state index contributed by atoms with van der Waals surface area (Å²) in [4.78, 5) is 10.1. The zero-order valence-corrected chi connectivity index (χ0v) is 8.85. The van der Waals surface area contributed by atoms with Gasteiger partial charge in [0, 0.05) is 0 Å². The van der Waals surface area contributed by atoms with E-state index >= 15 is 0 Å². The fraction of sp³-hybridized carbons (Fsp3) is 0.400. The van der Waals surface area contributed by atoms with Crippen LogP contribution in [0.5, 0.6) is 0 Å². The molecular formula is C5H7NaO3S. The van der Waals surface area contributed by atoms with E-state index in [2.05, 4.69) is 17.4 Å². The monoisotopic (exact) mass is 170 g/mol. The Morgan fingerprint density at radius 1 is 1.80 bits per heavy atom. The molecule has 0 unspecified atom stereocenters. The van der Waals surface area contributed by atoms with Crippen LogP contribution in [0.1, 0.15) is 6.92 Å². The van der Waals surface area contributed by atoms with Gasteiger partial charge in [-0.3, -0.25) is 4.79 Å². The second-order valence-electron chi connectivity index (χ2n) is 1.24. The van der Waals surface area contributed by atoms with Crippen LogP contribution in [0, 0.1) is 0 Å². The topological polar surface area (TPSA) is 49.4 Å². The van der Waals surface area contributed by atoms with Gasteiger partial charge in [0.1, 0.15) is 0 Å². The SMILES string of the molecule is CCOC=C([O-])C(=O)S.[Na+]. The Balaban J connectivity index is 0. The van der Waals surface area contributed by atoms with E-state index in [1.165, 1.54) is 0 Å². The van der Waals surface area contributed by atoms with Crippen LogP contribution < -0.4 is 34.7 Å². The van der Waals surface area contributed by atoms with Crippen LogP contribution in [0.4, 0.5) is 0 Å². The van der Waals surface area contributed by atoms with Crippen molar-refractivity contribution >= 4 is 17.7 Å². The molecule has 0 aromatic heterocycles. The molecule has 0 aliphatic carbocycles. The third kappa shape index (κ3) is 6.48. The maximum absolute atomic E-state index is 10.3. The summed E-state index contributed by atoms with van der Waals surface area (Å²) in [7, 11) is 0. The Morgan fingerprint density at radius 2 is 2.30 bits per heavy atom. The summed E-state index contributed by atoms with van der Waals surface area (Å²) in [5.41, 5.74) is 0. The molecule has 0 bridgehead atoms. The summed E-state index contributed by atoms with van der Waals surface area (Å²) in [5.74, 6) is -0.722. The molecule has 0 N–H and O–H groups in total. The predicted octanol–water partition coefficient (Wildman–Crippen LogP) is -3.31. The molecule has 52 valence electrons. The number of ether oxygens (including phenoxy) is 1. The van der Waals surface area contributed by atoms with Gasteiger partial charge in [-0.25, -0.2) is 0 Å². The summed E-state index contributed by atoms with van der Waals surface area (Å²) in [6.45, 7) is 2.10. The molecule has 0 amide bonds. The van der Waals surface area contributed by atoms with Gasteiger partial charge in [-0.2, -0.15) is 0 Å². The first-order valence-corrected chi connectivity index (χ1v) is 2.85.